The second-order valence-electron chi connectivity index (χ2n) is 6.83. The van der Waals surface area contributed by atoms with Crippen molar-refractivity contribution in [2.75, 3.05) is 0 Å². The van der Waals surface area contributed by atoms with Crippen LogP contribution in [0.3, 0.4) is 0 Å². The predicted molar refractivity (Wildman–Crippen MR) is 119 cm³/mol. The molecule has 0 aliphatic carbocycles. The van der Waals surface area contributed by atoms with E-state index in [4.69, 9.17) is 11.6 Å². The van der Waals surface area contributed by atoms with Gasteiger partial charge in [0.25, 0.3) is 0 Å². The van der Waals surface area contributed by atoms with E-state index in [1.54, 1.807) is 6.21 Å². The summed E-state index contributed by atoms with van der Waals surface area (Å²) in [5, 5.41) is 12.2. The summed E-state index contributed by atoms with van der Waals surface area (Å²) in [5.41, 5.74) is 0.336. The Hall–Kier alpha value is -2.84. The predicted octanol–water partition coefficient (Wildman–Crippen LogP) is 5.68. The molecule has 9 heteroatoms. The molecule has 1 N–H and O–H groups in total. The van der Waals surface area contributed by atoms with Gasteiger partial charge in [0.05, 0.1) is 22.1 Å². The summed E-state index contributed by atoms with van der Waals surface area (Å²) in [6.45, 7) is 0. The minimum Gasteiger partial charge on any atom is -0.303 e. The first-order valence-electron chi connectivity index (χ1n) is 9.23. The Morgan fingerprint density at radius 1 is 1.10 bits per heavy atom. The van der Waals surface area contributed by atoms with Gasteiger partial charge in [0, 0.05) is 5.56 Å². The molecule has 0 aromatic heterocycles. The fraction of sp³-hybridized carbons (Fsp3) is 0.136. The molecule has 31 heavy (non-hydrogen) atoms. The van der Waals surface area contributed by atoms with Crippen LogP contribution in [0.25, 0.3) is 10.8 Å². The molecule has 0 saturated carbocycles. The van der Waals surface area contributed by atoms with E-state index in [2.05, 4.69) is 15.5 Å². The number of nitrogens with one attached hydrogen (secondary N) is 1. The molecule has 1 saturated heterocycles. The quantitative estimate of drug-likeness (QED) is 0.401. The molecule has 1 aliphatic rings. The Morgan fingerprint density at radius 3 is 2.68 bits per heavy atom. The largest absolute Gasteiger partial charge is 0.417 e. The zero-order valence-electron chi connectivity index (χ0n) is 15.9. The molecule has 1 unspecified atom stereocenters. The van der Waals surface area contributed by atoms with E-state index in [0.29, 0.717) is 10.7 Å². The van der Waals surface area contributed by atoms with Crippen LogP contribution in [0.15, 0.2) is 70.9 Å². The summed E-state index contributed by atoms with van der Waals surface area (Å²) in [4.78, 5) is 12.2. The smallest absolute Gasteiger partial charge is 0.303 e. The van der Waals surface area contributed by atoms with Crippen molar-refractivity contribution in [3.8, 4) is 0 Å². The second kappa shape index (κ2) is 8.72. The zero-order valence-corrected chi connectivity index (χ0v) is 17.4. The average molecular weight is 462 g/mol. The summed E-state index contributed by atoms with van der Waals surface area (Å²) in [6.07, 6.45) is -2.84. The minimum absolute atomic E-state index is 0.114. The lowest BCUT2D eigenvalue weighted by molar-refractivity contribution is -0.137. The van der Waals surface area contributed by atoms with Gasteiger partial charge >= 0.3 is 6.18 Å². The van der Waals surface area contributed by atoms with Crippen LogP contribution < -0.4 is 5.32 Å². The van der Waals surface area contributed by atoms with E-state index in [1.165, 1.54) is 12.1 Å². The fourth-order valence-electron chi connectivity index (χ4n) is 3.22. The van der Waals surface area contributed by atoms with Crippen LogP contribution >= 0.6 is 23.4 Å². The molecule has 1 amide bonds. The van der Waals surface area contributed by atoms with Gasteiger partial charge in [-0.3, -0.25) is 4.79 Å². The normalized spacial score (nSPS) is 18.3. The average Bonchev–Trinajstić information content (AvgIpc) is 3.08. The molecule has 1 atom stereocenters. The maximum absolute atomic E-state index is 13.1. The third-order valence-corrected chi connectivity index (χ3v) is 6.10. The minimum atomic E-state index is -4.55. The molecule has 4 nitrogen and oxygen atoms in total. The standard InChI is InChI=1S/C22H15ClF3N3OS/c23-18-9-8-13(10-17(18)22(24,25)26)11-19-20(30)28-21(31-19)29-27-12-15-6-3-5-14-4-1-2-7-16(14)15/h1-10,12,19H,11H2,(H,28,29,30)/b27-12+. The molecule has 3 aromatic rings. The van der Waals surface area contributed by atoms with Crippen molar-refractivity contribution in [2.45, 2.75) is 17.8 Å². The molecule has 1 heterocycles. The highest BCUT2D eigenvalue weighted by atomic mass is 35.5. The third kappa shape index (κ3) is 4.91. The summed E-state index contributed by atoms with van der Waals surface area (Å²) < 4.78 is 39.2. The summed E-state index contributed by atoms with van der Waals surface area (Å²) in [7, 11) is 0. The van der Waals surface area contributed by atoms with Crippen molar-refractivity contribution in [2.24, 2.45) is 10.2 Å². The third-order valence-electron chi connectivity index (χ3n) is 4.70. The first-order chi connectivity index (χ1) is 14.8. The number of hydrogen-bond acceptors (Lipinski definition) is 4. The van der Waals surface area contributed by atoms with Crippen LogP contribution in [0.1, 0.15) is 16.7 Å². The lowest BCUT2D eigenvalue weighted by atomic mass is 10.1. The SMILES string of the molecule is O=C1N/C(=N\N=C\c2cccc3ccccc23)SC1Cc1ccc(Cl)c(C(F)(F)F)c1. The first-order valence-corrected chi connectivity index (χ1v) is 10.5. The Balaban J connectivity index is 1.47. The monoisotopic (exact) mass is 461 g/mol. The van der Waals surface area contributed by atoms with E-state index < -0.39 is 17.0 Å². The number of carbonyl (C=O) groups is 1. The van der Waals surface area contributed by atoms with Gasteiger partial charge in [-0.25, -0.2) is 0 Å². The number of rotatable bonds is 4. The fourth-order valence-corrected chi connectivity index (χ4v) is 4.41. The highest BCUT2D eigenvalue weighted by molar-refractivity contribution is 8.15. The van der Waals surface area contributed by atoms with E-state index in [9.17, 15) is 18.0 Å². The van der Waals surface area contributed by atoms with Crippen molar-refractivity contribution in [1.29, 1.82) is 0 Å². The number of alkyl halides is 3. The van der Waals surface area contributed by atoms with Crippen molar-refractivity contribution in [3.05, 3.63) is 82.4 Å². The van der Waals surface area contributed by atoms with Crippen LogP contribution in [0.5, 0.6) is 0 Å². The first kappa shape index (κ1) is 21.4. The van der Waals surface area contributed by atoms with Gasteiger partial charge in [-0.1, -0.05) is 71.9 Å². The number of amidine groups is 1. The van der Waals surface area contributed by atoms with E-state index in [0.717, 1.165) is 34.2 Å². The zero-order chi connectivity index (χ0) is 22.0. The Kier molecular flexibility index (Phi) is 6.02. The molecule has 0 spiro atoms. The summed E-state index contributed by atoms with van der Waals surface area (Å²) in [5.74, 6) is -0.326. The van der Waals surface area contributed by atoms with Gasteiger partial charge in [0.2, 0.25) is 5.91 Å². The Morgan fingerprint density at radius 2 is 1.87 bits per heavy atom. The number of thioether (sulfide) groups is 1. The van der Waals surface area contributed by atoms with Crippen molar-refractivity contribution in [3.63, 3.8) is 0 Å². The number of hydrogen-bond donors (Lipinski definition) is 1. The molecule has 0 bridgehead atoms. The van der Waals surface area contributed by atoms with Crippen LogP contribution in [0, 0.1) is 0 Å². The summed E-state index contributed by atoms with van der Waals surface area (Å²) in [6, 6.07) is 17.3. The van der Waals surface area contributed by atoms with E-state index >= 15 is 0 Å². The maximum Gasteiger partial charge on any atom is 0.417 e. The Bertz CT molecular complexity index is 1200. The summed E-state index contributed by atoms with van der Waals surface area (Å²) >= 11 is 6.79. The van der Waals surface area contributed by atoms with E-state index in [-0.39, 0.29) is 17.4 Å². The van der Waals surface area contributed by atoms with Crippen LogP contribution in [0.4, 0.5) is 13.2 Å². The molecule has 0 radical (unpaired) electrons. The van der Waals surface area contributed by atoms with Crippen LogP contribution in [-0.2, 0) is 17.4 Å². The van der Waals surface area contributed by atoms with E-state index in [1.807, 2.05) is 42.5 Å². The Labute approximate surface area is 185 Å². The number of nitrogens with zero attached hydrogens (tertiary/aromatic N) is 2. The van der Waals surface area contributed by atoms with Crippen LogP contribution in [0.2, 0.25) is 5.02 Å². The number of amides is 1. The molecule has 4 rings (SSSR count). The lowest BCUT2D eigenvalue weighted by Gasteiger charge is -2.12. The number of halogens is 4. The highest BCUT2D eigenvalue weighted by Gasteiger charge is 2.35. The van der Waals surface area contributed by atoms with Gasteiger partial charge in [-0.2, -0.15) is 18.3 Å². The van der Waals surface area contributed by atoms with Crippen LogP contribution in [-0.4, -0.2) is 22.5 Å². The molecule has 158 valence electrons. The maximum atomic E-state index is 13.1. The lowest BCUT2D eigenvalue weighted by Crippen LogP contribution is -2.26. The van der Waals surface area contributed by atoms with Gasteiger partial charge in [0.1, 0.15) is 0 Å². The second-order valence-corrected chi connectivity index (χ2v) is 8.43. The van der Waals surface area contributed by atoms with Gasteiger partial charge in [-0.05, 0) is 34.9 Å². The van der Waals surface area contributed by atoms with Crippen molar-refractivity contribution >= 4 is 51.4 Å². The molecular formula is C22H15ClF3N3OS. The number of benzene rings is 3. The number of fused-ring (bicyclic) bond motifs is 1. The highest BCUT2D eigenvalue weighted by Crippen LogP contribution is 2.36. The topological polar surface area (TPSA) is 53.8 Å². The van der Waals surface area contributed by atoms with Crippen molar-refractivity contribution < 1.29 is 18.0 Å². The van der Waals surface area contributed by atoms with Gasteiger partial charge in [-0.15, -0.1) is 5.10 Å². The molecule has 1 aliphatic heterocycles. The van der Waals surface area contributed by atoms with Crippen molar-refractivity contribution in [1.82, 2.24) is 5.32 Å². The molecule has 3 aromatic carbocycles. The van der Waals surface area contributed by atoms with Gasteiger partial charge in [0.15, 0.2) is 5.17 Å². The van der Waals surface area contributed by atoms with Gasteiger partial charge < -0.3 is 5.32 Å². The molecular weight excluding hydrogens is 447 g/mol. The molecule has 1 fully saturated rings. The number of carbonyl (C=O) groups excluding carboxylic acids is 1.